The lowest BCUT2D eigenvalue weighted by molar-refractivity contribution is 0.913. The zero-order valence-corrected chi connectivity index (χ0v) is 11.3. The first-order chi connectivity index (χ1) is 8.11. The first-order valence-electron chi connectivity index (χ1n) is 5.72. The van der Waals surface area contributed by atoms with Crippen molar-refractivity contribution in [2.45, 2.75) is 27.2 Å². The summed E-state index contributed by atoms with van der Waals surface area (Å²) in [6.07, 6.45) is 0.807. The molecule has 0 amide bonds. The smallest absolute Gasteiger partial charge is 0.148 e. The Hall–Kier alpha value is -1.26. The SMILES string of the molecule is Cc1cc(C)c(-c2nnc(CCN)s2)cc1C. The first-order valence-corrected chi connectivity index (χ1v) is 6.54. The van der Waals surface area contributed by atoms with Gasteiger partial charge >= 0.3 is 0 Å². The van der Waals surface area contributed by atoms with Gasteiger partial charge in [0.25, 0.3) is 0 Å². The third kappa shape index (κ3) is 2.53. The van der Waals surface area contributed by atoms with E-state index in [1.807, 2.05) is 0 Å². The van der Waals surface area contributed by atoms with Gasteiger partial charge in [-0.2, -0.15) is 0 Å². The van der Waals surface area contributed by atoms with Crippen LogP contribution in [0.2, 0.25) is 0 Å². The van der Waals surface area contributed by atoms with E-state index >= 15 is 0 Å². The molecule has 1 heterocycles. The van der Waals surface area contributed by atoms with Gasteiger partial charge in [-0.25, -0.2) is 0 Å². The molecule has 4 heteroatoms. The summed E-state index contributed by atoms with van der Waals surface area (Å²) in [7, 11) is 0. The molecule has 0 aliphatic rings. The average Bonchev–Trinajstić information content (AvgIpc) is 2.72. The quantitative estimate of drug-likeness (QED) is 0.907. The summed E-state index contributed by atoms with van der Waals surface area (Å²) >= 11 is 1.64. The number of hydrogen-bond acceptors (Lipinski definition) is 4. The van der Waals surface area contributed by atoms with Crippen LogP contribution in [0.1, 0.15) is 21.7 Å². The fraction of sp³-hybridized carbons (Fsp3) is 0.385. The van der Waals surface area contributed by atoms with Gasteiger partial charge in [0.1, 0.15) is 10.0 Å². The van der Waals surface area contributed by atoms with Gasteiger partial charge < -0.3 is 5.73 Å². The highest BCUT2D eigenvalue weighted by Crippen LogP contribution is 2.28. The second-order valence-corrected chi connectivity index (χ2v) is 5.35. The first kappa shape index (κ1) is 12.2. The Morgan fingerprint density at radius 2 is 1.76 bits per heavy atom. The Morgan fingerprint density at radius 1 is 1.06 bits per heavy atom. The van der Waals surface area contributed by atoms with Crippen molar-refractivity contribution in [2.75, 3.05) is 6.54 Å². The van der Waals surface area contributed by atoms with E-state index in [0.717, 1.165) is 16.4 Å². The van der Waals surface area contributed by atoms with Crippen LogP contribution >= 0.6 is 11.3 Å². The van der Waals surface area contributed by atoms with Crippen molar-refractivity contribution >= 4 is 11.3 Å². The van der Waals surface area contributed by atoms with Gasteiger partial charge in [-0.05, 0) is 50.1 Å². The van der Waals surface area contributed by atoms with Crippen LogP contribution in [0.3, 0.4) is 0 Å². The summed E-state index contributed by atoms with van der Waals surface area (Å²) in [4.78, 5) is 0. The normalized spacial score (nSPS) is 10.8. The van der Waals surface area contributed by atoms with Gasteiger partial charge in [0.05, 0.1) is 0 Å². The van der Waals surface area contributed by atoms with Gasteiger partial charge in [0.2, 0.25) is 0 Å². The van der Waals surface area contributed by atoms with Crippen LogP contribution < -0.4 is 5.73 Å². The molecule has 0 fully saturated rings. The van der Waals surface area contributed by atoms with Crippen LogP contribution in [0.4, 0.5) is 0 Å². The van der Waals surface area contributed by atoms with Crippen LogP contribution in [0.15, 0.2) is 12.1 Å². The van der Waals surface area contributed by atoms with Crippen molar-refractivity contribution in [1.29, 1.82) is 0 Å². The highest BCUT2D eigenvalue weighted by Gasteiger charge is 2.10. The van der Waals surface area contributed by atoms with Gasteiger partial charge in [-0.1, -0.05) is 17.4 Å². The molecular weight excluding hydrogens is 230 g/mol. The lowest BCUT2D eigenvalue weighted by atomic mass is 10.0. The van der Waals surface area contributed by atoms with Gasteiger partial charge in [0.15, 0.2) is 0 Å². The maximum absolute atomic E-state index is 5.52. The lowest BCUT2D eigenvalue weighted by Crippen LogP contribution is -2.01. The Kier molecular flexibility index (Phi) is 3.54. The van der Waals surface area contributed by atoms with E-state index in [1.165, 1.54) is 22.3 Å². The third-order valence-electron chi connectivity index (χ3n) is 2.90. The molecule has 0 aliphatic carbocycles. The third-order valence-corrected chi connectivity index (χ3v) is 3.91. The van der Waals surface area contributed by atoms with Gasteiger partial charge in [-0.15, -0.1) is 10.2 Å². The molecule has 17 heavy (non-hydrogen) atoms. The van der Waals surface area contributed by atoms with E-state index in [2.05, 4.69) is 43.1 Å². The Bertz CT molecular complexity index is 531. The predicted octanol–water partition coefficient (Wildman–Crippen LogP) is 2.63. The fourth-order valence-electron chi connectivity index (χ4n) is 1.78. The highest BCUT2D eigenvalue weighted by molar-refractivity contribution is 7.14. The molecule has 0 bridgehead atoms. The summed E-state index contributed by atoms with van der Waals surface area (Å²) in [5.74, 6) is 0. The van der Waals surface area contributed by atoms with Crippen molar-refractivity contribution in [3.63, 3.8) is 0 Å². The monoisotopic (exact) mass is 247 g/mol. The fourth-order valence-corrected chi connectivity index (χ4v) is 2.71. The van der Waals surface area contributed by atoms with Gasteiger partial charge in [-0.3, -0.25) is 0 Å². The topological polar surface area (TPSA) is 51.8 Å². The lowest BCUT2D eigenvalue weighted by Gasteiger charge is -2.06. The predicted molar refractivity (Wildman–Crippen MR) is 72.3 cm³/mol. The molecule has 0 atom stereocenters. The molecule has 1 aromatic heterocycles. The number of benzene rings is 1. The maximum Gasteiger partial charge on any atom is 0.148 e. The number of aromatic nitrogens is 2. The standard InChI is InChI=1S/C13H17N3S/c1-8-6-10(3)11(7-9(8)2)13-16-15-12(17-13)4-5-14/h6-7H,4-5,14H2,1-3H3. The molecular formula is C13H17N3S. The summed E-state index contributed by atoms with van der Waals surface area (Å²) < 4.78 is 0. The minimum atomic E-state index is 0.626. The zero-order chi connectivity index (χ0) is 12.4. The molecule has 0 aliphatic heterocycles. The summed E-state index contributed by atoms with van der Waals surface area (Å²) in [5.41, 5.74) is 10.6. The molecule has 0 radical (unpaired) electrons. The maximum atomic E-state index is 5.52. The average molecular weight is 247 g/mol. The summed E-state index contributed by atoms with van der Waals surface area (Å²) in [5, 5.41) is 10.4. The largest absolute Gasteiger partial charge is 0.330 e. The van der Waals surface area contributed by atoms with E-state index in [1.54, 1.807) is 11.3 Å². The Balaban J connectivity index is 2.41. The van der Waals surface area contributed by atoms with Crippen LogP contribution in [0, 0.1) is 20.8 Å². The highest BCUT2D eigenvalue weighted by atomic mass is 32.1. The van der Waals surface area contributed by atoms with Crippen LogP contribution in [-0.4, -0.2) is 16.7 Å². The van der Waals surface area contributed by atoms with Crippen LogP contribution in [0.25, 0.3) is 10.6 Å². The molecule has 1 aromatic carbocycles. The molecule has 2 N–H and O–H groups in total. The van der Waals surface area contributed by atoms with Crippen molar-refractivity contribution in [1.82, 2.24) is 10.2 Å². The second kappa shape index (κ2) is 4.94. The van der Waals surface area contributed by atoms with E-state index in [4.69, 9.17) is 5.73 Å². The van der Waals surface area contributed by atoms with E-state index in [0.29, 0.717) is 6.54 Å². The molecule has 0 spiro atoms. The van der Waals surface area contributed by atoms with E-state index < -0.39 is 0 Å². The molecule has 0 unspecified atom stereocenters. The van der Waals surface area contributed by atoms with Crippen molar-refractivity contribution < 1.29 is 0 Å². The van der Waals surface area contributed by atoms with Crippen molar-refractivity contribution in [3.05, 3.63) is 33.8 Å². The summed E-state index contributed by atoms with van der Waals surface area (Å²) in [6, 6.07) is 4.39. The number of nitrogens with two attached hydrogens (primary N) is 1. The van der Waals surface area contributed by atoms with Crippen molar-refractivity contribution in [2.24, 2.45) is 5.73 Å². The minimum absolute atomic E-state index is 0.626. The van der Waals surface area contributed by atoms with Gasteiger partial charge in [0, 0.05) is 12.0 Å². The zero-order valence-electron chi connectivity index (χ0n) is 10.4. The number of rotatable bonds is 3. The molecule has 0 saturated carbocycles. The van der Waals surface area contributed by atoms with Crippen molar-refractivity contribution in [3.8, 4) is 10.6 Å². The number of aryl methyl sites for hydroxylation is 3. The van der Waals surface area contributed by atoms with Crippen LogP contribution in [-0.2, 0) is 6.42 Å². The van der Waals surface area contributed by atoms with E-state index in [-0.39, 0.29) is 0 Å². The van der Waals surface area contributed by atoms with E-state index in [9.17, 15) is 0 Å². The molecule has 2 aromatic rings. The Morgan fingerprint density at radius 3 is 2.47 bits per heavy atom. The number of nitrogens with zero attached hydrogens (tertiary/aromatic N) is 2. The second-order valence-electron chi connectivity index (χ2n) is 4.29. The molecule has 0 saturated heterocycles. The number of hydrogen-bond donors (Lipinski definition) is 1. The molecule has 3 nitrogen and oxygen atoms in total. The molecule has 90 valence electrons. The molecule has 2 rings (SSSR count). The Labute approximate surface area is 106 Å². The minimum Gasteiger partial charge on any atom is -0.330 e. The van der Waals surface area contributed by atoms with Crippen LogP contribution in [0.5, 0.6) is 0 Å². The summed E-state index contributed by atoms with van der Waals surface area (Å²) in [6.45, 7) is 7.00.